The van der Waals surface area contributed by atoms with E-state index in [1.54, 1.807) is 31.1 Å². The van der Waals surface area contributed by atoms with Gasteiger partial charge >= 0.3 is 0 Å². The second kappa shape index (κ2) is 12.0. The van der Waals surface area contributed by atoms with Gasteiger partial charge in [0.2, 0.25) is 0 Å². The molecule has 2 heterocycles. The topological polar surface area (TPSA) is 90.0 Å². The SMILES string of the molecule is COc1ccnc(CSC2=Nc3cc(OCCCCCN)ccc3C2)c1CO.Cl. The van der Waals surface area contributed by atoms with Gasteiger partial charge in [-0.2, -0.15) is 0 Å². The molecule has 0 radical (unpaired) electrons. The van der Waals surface area contributed by atoms with Gasteiger partial charge in [-0.15, -0.1) is 24.2 Å². The molecule has 158 valence electrons. The molecule has 1 aromatic carbocycles. The van der Waals surface area contributed by atoms with Crippen LogP contribution >= 0.6 is 24.2 Å². The summed E-state index contributed by atoms with van der Waals surface area (Å²) < 4.78 is 11.1. The molecule has 6 nitrogen and oxygen atoms in total. The van der Waals surface area contributed by atoms with Crippen molar-refractivity contribution in [2.45, 2.75) is 38.0 Å². The maximum absolute atomic E-state index is 9.63. The van der Waals surface area contributed by atoms with E-state index in [0.29, 0.717) is 18.1 Å². The first-order valence-electron chi connectivity index (χ1n) is 9.53. The Bertz CT molecular complexity index is 833. The van der Waals surface area contributed by atoms with Crippen molar-refractivity contribution in [3.8, 4) is 11.5 Å². The van der Waals surface area contributed by atoms with E-state index >= 15 is 0 Å². The molecule has 2 aromatic rings. The first kappa shape index (κ1) is 23.5. The summed E-state index contributed by atoms with van der Waals surface area (Å²) in [5.41, 5.74) is 9.25. The number of methoxy groups -OCH3 is 1. The van der Waals surface area contributed by atoms with E-state index in [9.17, 15) is 5.11 Å². The van der Waals surface area contributed by atoms with Crippen LogP contribution in [-0.2, 0) is 18.8 Å². The number of nitrogens with zero attached hydrogens (tertiary/aromatic N) is 2. The lowest BCUT2D eigenvalue weighted by Gasteiger charge is -2.10. The van der Waals surface area contributed by atoms with Crippen molar-refractivity contribution < 1.29 is 14.6 Å². The summed E-state index contributed by atoms with van der Waals surface area (Å²) in [7, 11) is 1.60. The van der Waals surface area contributed by atoms with E-state index < -0.39 is 0 Å². The third-order valence-corrected chi connectivity index (χ3v) is 5.60. The van der Waals surface area contributed by atoms with Crippen LogP contribution in [-0.4, -0.2) is 35.4 Å². The summed E-state index contributed by atoms with van der Waals surface area (Å²) in [5, 5.41) is 10.7. The smallest absolute Gasteiger partial charge is 0.127 e. The first-order chi connectivity index (χ1) is 13.7. The van der Waals surface area contributed by atoms with Crippen molar-refractivity contribution in [1.29, 1.82) is 0 Å². The number of hydrogen-bond acceptors (Lipinski definition) is 7. The number of aliphatic hydroxyl groups is 1. The van der Waals surface area contributed by atoms with Gasteiger partial charge in [-0.3, -0.25) is 4.98 Å². The fourth-order valence-electron chi connectivity index (χ4n) is 3.07. The van der Waals surface area contributed by atoms with Gasteiger partial charge in [0.1, 0.15) is 11.5 Å². The number of aliphatic imine (C=N–C) groups is 1. The fraction of sp³-hybridized carbons (Fsp3) is 0.429. The summed E-state index contributed by atoms with van der Waals surface area (Å²) in [6.45, 7) is 1.35. The molecule has 1 aliphatic rings. The van der Waals surface area contributed by atoms with E-state index in [1.165, 1.54) is 5.56 Å². The standard InChI is InChI=1S/C21H27N3O3S.ClH/c1-26-20-7-9-23-19(17(20)13-25)14-28-21-11-15-5-6-16(12-18(15)24-21)27-10-4-2-3-8-22;/h5-7,9,12,25H,2-4,8,10-11,13-14,22H2,1H3;1H. The highest BCUT2D eigenvalue weighted by atomic mass is 35.5. The van der Waals surface area contributed by atoms with Crippen LogP contribution in [0.2, 0.25) is 0 Å². The van der Waals surface area contributed by atoms with Crippen molar-refractivity contribution in [1.82, 2.24) is 4.98 Å². The zero-order valence-corrected chi connectivity index (χ0v) is 18.2. The Hall–Kier alpha value is -1.80. The molecule has 0 saturated heterocycles. The summed E-state index contributed by atoms with van der Waals surface area (Å²) in [4.78, 5) is 9.14. The van der Waals surface area contributed by atoms with Crippen LogP contribution in [0.25, 0.3) is 0 Å². The van der Waals surface area contributed by atoms with Gasteiger partial charge in [0.25, 0.3) is 0 Å². The van der Waals surface area contributed by atoms with Crippen LogP contribution in [0.5, 0.6) is 11.5 Å². The molecule has 3 rings (SSSR count). The lowest BCUT2D eigenvalue weighted by Crippen LogP contribution is -2.02. The number of nitrogens with two attached hydrogens (primary N) is 1. The highest BCUT2D eigenvalue weighted by Crippen LogP contribution is 2.35. The zero-order valence-electron chi connectivity index (χ0n) is 16.6. The molecule has 0 saturated carbocycles. The molecule has 0 fully saturated rings. The third kappa shape index (κ3) is 6.34. The molecule has 29 heavy (non-hydrogen) atoms. The van der Waals surface area contributed by atoms with Gasteiger partial charge < -0.3 is 20.3 Å². The summed E-state index contributed by atoms with van der Waals surface area (Å²) >= 11 is 1.64. The lowest BCUT2D eigenvalue weighted by molar-refractivity contribution is 0.272. The van der Waals surface area contributed by atoms with Crippen molar-refractivity contribution in [3.63, 3.8) is 0 Å². The normalized spacial score (nSPS) is 12.2. The number of hydrogen-bond donors (Lipinski definition) is 2. The third-order valence-electron chi connectivity index (χ3n) is 4.62. The van der Waals surface area contributed by atoms with Crippen LogP contribution < -0.4 is 15.2 Å². The Morgan fingerprint density at radius 3 is 2.83 bits per heavy atom. The number of halogens is 1. The number of rotatable bonds is 10. The minimum Gasteiger partial charge on any atom is -0.496 e. The molecule has 0 spiro atoms. The number of pyridine rings is 1. The van der Waals surface area contributed by atoms with Crippen molar-refractivity contribution in [3.05, 3.63) is 47.3 Å². The number of benzene rings is 1. The highest BCUT2D eigenvalue weighted by Gasteiger charge is 2.17. The second-order valence-corrected chi connectivity index (χ2v) is 7.60. The molecule has 1 aliphatic heterocycles. The first-order valence-corrected chi connectivity index (χ1v) is 10.5. The van der Waals surface area contributed by atoms with Crippen LogP contribution in [0.4, 0.5) is 5.69 Å². The maximum atomic E-state index is 9.63. The van der Waals surface area contributed by atoms with Crippen LogP contribution in [0.3, 0.4) is 0 Å². The predicted octanol–water partition coefficient (Wildman–Crippen LogP) is 4.03. The van der Waals surface area contributed by atoms with Gasteiger partial charge in [0.05, 0.1) is 36.7 Å². The van der Waals surface area contributed by atoms with Crippen molar-refractivity contribution in [2.75, 3.05) is 20.3 Å². The monoisotopic (exact) mass is 437 g/mol. The Morgan fingerprint density at radius 1 is 1.21 bits per heavy atom. The number of unbranched alkanes of at least 4 members (excludes halogenated alkanes) is 2. The summed E-state index contributed by atoms with van der Waals surface area (Å²) in [5.74, 6) is 2.17. The Balaban J connectivity index is 0.00000300. The minimum atomic E-state index is -0.0917. The molecular formula is C21H28ClN3O3S. The summed E-state index contributed by atoms with van der Waals surface area (Å²) in [6, 6.07) is 7.87. The second-order valence-electron chi connectivity index (χ2n) is 6.56. The van der Waals surface area contributed by atoms with Gasteiger partial charge in [0.15, 0.2) is 0 Å². The Kier molecular flexibility index (Phi) is 9.73. The van der Waals surface area contributed by atoms with Gasteiger partial charge in [-0.25, -0.2) is 4.99 Å². The van der Waals surface area contributed by atoms with Gasteiger partial charge in [-0.1, -0.05) is 6.07 Å². The van der Waals surface area contributed by atoms with Gasteiger partial charge in [-0.05, 0) is 43.5 Å². The largest absolute Gasteiger partial charge is 0.496 e. The average Bonchev–Trinajstić information content (AvgIpc) is 3.13. The average molecular weight is 438 g/mol. The number of thioether (sulfide) groups is 1. The zero-order chi connectivity index (χ0) is 19.8. The predicted molar refractivity (Wildman–Crippen MR) is 121 cm³/mol. The van der Waals surface area contributed by atoms with Crippen LogP contribution in [0, 0.1) is 0 Å². The molecule has 8 heteroatoms. The Morgan fingerprint density at radius 2 is 2.07 bits per heavy atom. The van der Waals surface area contributed by atoms with E-state index in [0.717, 1.165) is 60.0 Å². The molecule has 0 aliphatic carbocycles. The van der Waals surface area contributed by atoms with Crippen molar-refractivity contribution in [2.24, 2.45) is 10.7 Å². The highest BCUT2D eigenvalue weighted by molar-refractivity contribution is 8.13. The Labute approximate surface area is 182 Å². The van der Waals surface area contributed by atoms with E-state index in [2.05, 4.69) is 11.1 Å². The number of fused-ring (bicyclic) bond motifs is 1. The summed E-state index contributed by atoms with van der Waals surface area (Å²) in [6.07, 6.45) is 5.66. The molecule has 0 unspecified atom stereocenters. The number of aliphatic hydroxyl groups excluding tert-OH is 1. The number of ether oxygens (including phenoxy) is 2. The van der Waals surface area contributed by atoms with Crippen LogP contribution in [0.1, 0.15) is 36.1 Å². The maximum Gasteiger partial charge on any atom is 0.127 e. The van der Waals surface area contributed by atoms with Gasteiger partial charge in [0, 0.05) is 30.0 Å². The molecule has 0 amide bonds. The van der Waals surface area contributed by atoms with E-state index in [-0.39, 0.29) is 19.0 Å². The minimum absolute atomic E-state index is 0. The molecular weight excluding hydrogens is 410 g/mol. The molecule has 1 aromatic heterocycles. The van der Waals surface area contributed by atoms with Crippen LogP contribution in [0.15, 0.2) is 35.5 Å². The van der Waals surface area contributed by atoms with Crippen molar-refractivity contribution >= 4 is 34.9 Å². The molecule has 0 atom stereocenters. The number of aromatic nitrogens is 1. The molecule has 3 N–H and O–H groups in total. The molecule has 0 bridgehead atoms. The van der Waals surface area contributed by atoms with E-state index in [1.807, 2.05) is 12.1 Å². The lowest BCUT2D eigenvalue weighted by atomic mass is 10.1. The fourth-order valence-corrected chi connectivity index (χ4v) is 4.04. The van der Waals surface area contributed by atoms with E-state index in [4.69, 9.17) is 20.2 Å². The quantitative estimate of drug-likeness (QED) is 0.545.